The molecule has 32 heavy (non-hydrogen) atoms. The number of amides is 1. The topological polar surface area (TPSA) is 29.5 Å². The van der Waals surface area contributed by atoms with Crippen LogP contribution in [0.2, 0.25) is 5.02 Å². The van der Waals surface area contributed by atoms with Gasteiger partial charge in [0.1, 0.15) is 18.2 Å². The number of thioether (sulfide) groups is 1. The van der Waals surface area contributed by atoms with E-state index in [1.807, 2.05) is 36.4 Å². The van der Waals surface area contributed by atoms with Gasteiger partial charge in [0.25, 0.3) is 5.91 Å². The number of hydrogen-bond acceptors (Lipinski definition) is 4. The molecule has 1 aliphatic heterocycles. The Morgan fingerprint density at radius 1 is 1.09 bits per heavy atom. The van der Waals surface area contributed by atoms with Gasteiger partial charge in [0.2, 0.25) is 0 Å². The van der Waals surface area contributed by atoms with E-state index in [-0.39, 0.29) is 5.91 Å². The van der Waals surface area contributed by atoms with Gasteiger partial charge in [-0.2, -0.15) is 0 Å². The summed E-state index contributed by atoms with van der Waals surface area (Å²) in [5, 5.41) is 0.636. The van der Waals surface area contributed by atoms with Gasteiger partial charge in [-0.25, -0.2) is 4.39 Å². The van der Waals surface area contributed by atoms with Crippen molar-refractivity contribution in [3.63, 3.8) is 0 Å². The van der Waals surface area contributed by atoms with Gasteiger partial charge in [-0.15, -0.1) is 0 Å². The van der Waals surface area contributed by atoms with E-state index >= 15 is 0 Å². The molecule has 3 nitrogen and oxygen atoms in total. The maximum atomic E-state index is 13.6. The minimum atomic E-state index is -0.430. The largest absolute Gasteiger partial charge is 0.486 e. The van der Waals surface area contributed by atoms with Crippen molar-refractivity contribution in [1.82, 2.24) is 0 Å². The molecule has 1 aliphatic rings. The quantitative estimate of drug-likeness (QED) is 0.216. The van der Waals surface area contributed by atoms with Gasteiger partial charge in [0.15, 0.2) is 4.32 Å². The van der Waals surface area contributed by atoms with Crippen LogP contribution in [0.3, 0.4) is 0 Å². The van der Waals surface area contributed by atoms with E-state index in [2.05, 4.69) is 31.9 Å². The molecule has 0 saturated carbocycles. The molecular formula is C23H13Br2ClFNO2S2. The van der Waals surface area contributed by atoms with E-state index in [0.717, 1.165) is 11.1 Å². The summed E-state index contributed by atoms with van der Waals surface area (Å²) in [7, 11) is 0. The molecule has 9 heteroatoms. The molecule has 162 valence electrons. The highest BCUT2D eigenvalue weighted by atomic mass is 79.9. The van der Waals surface area contributed by atoms with Crippen molar-refractivity contribution in [2.24, 2.45) is 0 Å². The normalized spacial score (nSPS) is 15.0. The average Bonchev–Trinajstić information content (AvgIpc) is 3.01. The molecule has 0 aliphatic carbocycles. The number of halogens is 4. The van der Waals surface area contributed by atoms with Gasteiger partial charge in [-0.1, -0.05) is 59.8 Å². The van der Waals surface area contributed by atoms with Crippen molar-refractivity contribution in [3.05, 3.63) is 96.5 Å². The SMILES string of the molecule is O=C1/C(=C/c2cc(Br)c(OCc3ccccc3Cl)c(Br)c2)SC(=S)N1c1cccc(F)c1. The first kappa shape index (κ1) is 23.4. The van der Waals surface area contributed by atoms with E-state index in [0.29, 0.717) is 41.2 Å². The molecule has 4 rings (SSSR count). The molecule has 1 heterocycles. The Morgan fingerprint density at radius 2 is 1.81 bits per heavy atom. The summed E-state index contributed by atoms with van der Waals surface area (Å²) in [5.41, 5.74) is 2.05. The Kier molecular flexibility index (Phi) is 7.37. The van der Waals surface area contributed by atoms with E-state index < -0.39 is 5.82 Å². The summed E-state index contributed by atoms with van der Waals surface area (Å²) in [6.07, 6.45) is 1.74. The first-order chi connectivity index (χ1) is 15.3. The molecular weight excluding hydrogens is 601 g/mol. The van der Waals surface area contributed by atoms with Crippen molar-refractivity contribution < 1.29 is 13.9 Å². The summed E-state index contributed by atoms with van der Waals surface area (Å²) in [4.78, 5) is 14.7. The molecule has 1 saturated heterocycles. The summed E-state index contributed by atoms with van der Waals surface area (Å²) in [6, 6.07) is 17.0. The fraction of sp³-hybridized carbons (Fsp3) is 0.0435. The first-order valence-corrected chi connectivity index (χ1v) is 12.4. The van der Waals surface area contributed by atoms with E-state index in [1.54, 1.807) is 18.2 Å². The Hall–Kier alpha value is -1.71. The molecule has 0 spiro atoms. The minimum absolute atomic E-state index is 0.295. The van der Waals surface area contributed by atoms with Crippen LogP contribution in [0.25, 0.3) is 6.08 Å². The molecule has 1 fully saturated rings. The average molecular weight is 614 g/mol. The van der Waals surface area contributed by atoms with Gasteiger partial charge in [-0.3, -0.25) is 9.69 Å². The second-order valence-corrected chi connectivity index (χ2v) is 10.5. The van der Waals surface area contributed by atoms with Crippen LogP contribution in [0.4, 0.5) is 10.1 Å². The van der Waals surface area contributed by atoms with Crippen LogP contribution in [0, 0.1) is 5.82 Å². The molecule has 0 bridgehead atoms. The fourth-order valence-corrected chi connectivity index (χ4v) is 5.96. The fourth-order valence-electron chi connectivity index (χ4n) is 3.02. The van der Waals surface area contributed by atoms with Gasteiger partial charge >= 0.3 is 0 Å². The molecule has 0 N–H and O–H groups in total. The van der Waals surface area contributed by atoms with Crippen LogP contribution >= 0.6 is 67.4 Å². The van der Waals surface area contributed by atoms with Crippen LogP contribution in [-0.2, 0) is 11.4 Å². The minimum Gasteiger partial charge on any atom is -0.486 e. The third-order valence-corrected chi connectivity index (χ3v) is 7.36. The Morgan fingerprint density at radius 3 is 2.50 bits per heavy atom. The van der Waals surface area contributed by atoms with Crippen molar-refractivity contribution in [2.75, 3.05) is 4.90 Å². The highest BCUT2D eigenvalue weighted by molar-refractivity contribution is 9.11. The second kappa shape index (κ2) is 10.1. The molecule has 0 radical (unpaired) electrons. The maximum absolute atomic E-state index is 13.6. The lowest BCUT2D eigenvalue weighted by Crippen LogP contribution is -2.27. The lowest BCUT2D eigenvalue weighted by molar-refractivity contribution is -0.113. The Balaban J connectivity index is 1.56. The number of nitrogens with zero attached hydrogens (tertiary/aromatic N) is 1. The lowest BCUT2D eigenvalue weighted by Gasteiger charge is -2.14. The van der Waals surface area contributed by atoms with Gasteiger partial charge in [-0.05, 0) is 79.9 Å². The zero-order valence-corrected chi connectivity index (χ0v) is 21.7. The zero-order valence-electron chi connectivity index (χ0n) is 16.2. The van der Waals surface area contributed by atoms with Gasteiger partial charge < -0.3 is 4.74 Å². The lowest BCUT2D eigenvalue weighted by atomic mass is 10.2. The number of ether oxygens (including phenoxy) is 1. The third kappa shape index (κ3) is 5.10. The Labute approximate surface area is 215 Å². The predicted molar refractivity (Wildman–Crippen MR) is 140 cm³/mol. The highest BCUT2D eigenvalue weighted by Crippen LogP contribution is 2.39. The van der Waals surface area contributed by atoms with Crippen LogP contribution in [0.5, 0.6) is 5.75 Å². The smallest absolute Gasteiger partial charge is 0.270 e. The van der Waals surface area contributed by atoms with Crippen molar-refractivity contribution >= 4 is 89.4 Å². The van der Waals surface area contributed by atoms with Crippen molar-refractivity contribution in [1.29, 1.82) is 0 Å². The number of anilines is 1. The molecule has 3 aromatic carbocycles. The number of carbonyl (C=O) groups excluding carboxylic acids is 1. The summed E-state index contributed by atoms with van der Waals surface area (Å²) < 4.78 is 21.3. The standard InChI is InChI=1S/C23H13Br2ClFNO2S2/c24-17-8-13(9-18(25)21(17)30-12-14-4-1-2-7-19(14)26)10-20-22(29)28(23(31)32-20)16-6-3-5-15(27)11-16/h1-11H,12H2/b20-10-. The molecule has 3 aromatic rings. The van der Waals surface area contributed by atoms with Crippen LogP contribution < -0.4 is 9.64 Å². The molecule has 0 aromatic heterocycles. The van der Waals surface area contributed by atoms with Crippen molar-refractivity contribution in [3.8, 4) is 5.75 Å². The van der Waals surface area contributed by atoms with Crippen molar-refractivity contribution in [2.45, 2.75) is 6.61 Å². The van der Waals surface area contributed by atoms with E-state index in [1.165, 1.54) is 28.8 Å². The van der Waals surface area contributed by atoms with E-state index in [9.17, 15) is 9.18 Å². The second-order valence-electron chi connectivity index (χ2n) is 6.69. The first-order valence-electron chi connectivity index (χ1n) is 9.22. The molecule has 0 unspecified atom stereocenters. The number of thiocarbonyl (C=S) groups is 1. The highest BCUT2D eigenvalue weighted by Gasteiger charge is 2.33. The van der Waals surface area contributed by atoms with Crippen LogP contribution in [-0.4, -0.2) is 10.2 Å². The maximum Gasteiger partial charge on any atom is 0.270 e. The summed E-state index contributed by atoms with van der Waals surface area (Å²) in [6.45, 7) is 0.308. The van der Waals surface area contributed by atoms with Crippen LogP contribution in [0.1, 0.15) is 11.1 Å². The number of hydrogen-bond donors (Lipinski definition) is 0. The summed E-state index contributed by atoms with van der Waals surface area (Å²) in [5.74, 6) is -0.105. The number of benzene rings is 3. The van der Waals surface area contributed by atoms with E-state index in [4.69, 9.17) is 28.6 Å². The number of carbonyl (C=O) groups is 1. The Bertz CT molecular complexity index is 1250. The monoisotopic (exact) mass is 611 g/mol. The van der Waals surface area contributed by atoms with Gasteiger partial charge in [0.05, 0.1) is 19.5 Å². The van der Waals surface area contributed by atoms with Gasteiger partial charge in [0, 0.05) is 10.6 Å². The number of rotatable bonds is 5. The van der Waals surface area contributed by atoms with Crippen LogP contribution in [0.15, 0.2) is 74.5 Å². The molecule has 0 atom stereocenters. The summed E-state index contributed by atoms with van der Waals surface area (Å²) >= 11 is 19.8. The zero-order chi connectivity index (χ0) is 22.8. The third-order valence-electron chi connectivity index (χ3n) is 4.51. The predicted octanol–water partition coefficient (Wildman–Crippen LogP) is 7.99. The molecule has 1 amide bonds.